The summed E-state index contributed by atoms with van der Waals surface area (Å²) in [6.07, 6.45) is 0. The summed E-state index contributed by atoms with van der Waals surface area (Å²) in [7, 11) is -3.59. The third-order valence-electron chi connectivity index (χ3n) is 5.80. The number of rotatable bonds is 3. The van der Waals surface area contributed by atoms with Crippen LogP contribution in [0.2, 0.25) is 0 Å². The van der Waals surface area contributed by atoms with Crippen LogP contribution in [-0.2, 0) is 10.0 Å². The Kier molecular flexibility index (Phi) is 5.64. The molecule has 0 N–H and O–H groups in total. The third-order valence-corrected chi connectivity index (χ3v) is 7.97. The minimum Gasteiger partial charge on any atom is -0.336 e. The third kappa shape index (κ3) is 3.59. The number of hydrogen-bond acceptors (Lipinski definition) is 3. The highest BCUT2D eigenvalue weighted by atomic mass is 32.2. The second-order valence-electron chi connectivity index (χ2n) is 7.60. The molecule has 0 atom stereocenters. The zero-order valence-corrected chi connectivity index (χ0v) is 18.1. The molecule has 1 aliphatic heterocycles. The number of sulfonamides is 1. The summed E-state index contributed by atoms with van der Waals surface area (Å²) in [5, 5.41) is 0. The lowest BCUT2D eigenvalue weighted by atomic mass is 10.0. The standard InChI is InChI=1S/C22H28N2O3S/c1-15-8-6-7-9-20(15)22(25)23-10-12-24(13-11-23)28(26,27)21-18(4)16(2)14-17(3)19(21)5/h6-9,14H,10-13H2,1-5H3. The molecule has 1 fully saturated rings. The monoisotopic (exact) mass is 400 g/mol. The Hall–Kier alpha value is -2.18. The molecule has 3 rings (SSSR count). The van der Waals surface area contributed by atoms with Gasteiger partial charge in [-0.05, 0) is 68.5 Å². The van der Waals surface area contributed by atoms with E-state index in [1.165, 1.54) is 4.31 Å². The van der Waals surface area contributed by atoms with Gasteiger partial charge in [-0.1, -0.05) is 24.3 Å². The molecule has 1 aliphatic rings. The van der Waals surface area contributed by atoms with E-state index in [0.717, 1.165) is 27.8 Å². The van der Waals surface area contributed by atoms with Crippen LogP contribution in [0.25, 0.3) is 0 Å². The van der Waals surface area contributed by atoms with Crippen molar-refractivity contribution in [1.29, 1.82) is 0 Å². The number of hydrogen-bond donors (Lipinski definition) is 0. The first-order valence-corrected chi connectivity index (χ1v) is 11.0. The Morgan fingerprint density at radius 1 is 0.821 bits per heavy atom. The van der Waals surface area contributed by atoms with E-state index in [1.807, 2.05) is 65.0 Å². The van der Waals surface area contributed by atoms with Crippen LogP contribution in [0.4, 0.5) is 0 Å². The molecule has 28 heavy (non-hydrogen) atoms. The van der Waals surface area contributed by atoms with Crippen molar-refractivity contribution in [1.82, 2.24) is 9.21 Å². The lowest BCUT2D eigenvalue weighted by molar-refractivity contribution is 0.0697. The van der Waals surface area contributed by atoms with Gasteiger partial charge in [0.1, 0.15) is 0 Å². The minimum atomic E-state index is -3.59. The van der Waals surface area contributed by atoms with Gasteiger partial charge in [-0.3, -0.25) is 4.79 Å². The molecule has 0 radical (unpaired) electrons. The van der Waals surface area contributed by atoms with Gasteiger partial charge in [0, 0.05) is 31.7 Å². The van der Waals surface area contributed by atoms with Gasteiger partial charge in [-0.15, -0.1) is 0 Å². The summed E-state index contributed by atoms with van der Waals surface area (Å²) < 4.78 is 28.2. The number of carbonyl (C=O) groups is 1. The van der Waals surface area contributed by atoms with Crippen molar-refractivity contribution in [3.05, 3.63) is 63.7 Å². The van der Waals surface area contributed by atoms with Gasteiger partial charge >= 0.3 is 0 Å². The van der Waals surface area contributed by atoms with Gasteiger partial charge < -0.3 is 4.90 Å². The highest BCUT2D eigenvalue weighted by Crippen LogP contribution is 2.29. The first kappa shape index (κ1) is 20.6. The number of carbonyl (C=O) groups excluding carboxylic acids is 1. The largest absolute Gasteiger partial charge is 0.336 e. The summed E-state index contributed by atoms with van der Waals surface area (Å²) in [6.45, 7) is 11.0. The Labute approximate surface area is 168 Å². The molecule has 5 nitrogen and oxygen atoms in total. The maximum atomic E-state index is 13.4. The molecule has 0 spiro atoms. The zero-order chi connectivity index (χ0) is 20.6. The van der Waals surface area contributed by atoms with Crippen LogP contribution >= 0.6 is 0 Å². The SMILES string of the molecule is Cc1ccccc1C(=O)N1CCN(S(=O)(=O)c2c(C)c(C)cc(C)c2C)CC1. The quantitative estimate of drug-likeness (QED) is 0.794. The van der Waals surface area contributed by atoms with Crippen LogP contribution in [-0.4, -0.2) is 49.7 Å². The number of benzene rings is 2. The van der Waals surface area contributed by atoms with Crippen LogP contribution in [0.1, 0.15) is 38.2 Å². The molecule has 1 amide bonds. The van der Waals surface area contributed by atoms with Gasteiger partial charge in [0.05, 0.1) is 4.90 Å². The predicted molar refractivity (Wildman–Crippen MR) is 111 cm³/mol. The normalized spacial score (nSPS) is 15.7. The van der Waals surface area contributed by atoms with Crippen LogP contribution in [0.15, 0.2) is 35.2 Å². The molecule has 150 valence electrons. The Balaban J connectivity index is 1.82. The fourth-order valence-electron chi connectivity index (χ4n) is 3.81. The molecule has 0 bridgehead atoms. The van der Waals surface area contributed by atoms with Gasteiger partial charge in [-0.25, -0.2) is 8.42 Å². The van der Waals surface area contributed by atoms with E-state index in [2.05, 4.69) is 0 Å². The van der Waals surface area contributed by atoms with E-state index < -0.39 is 10.0 Å². The predicted octanol–water partition coefficient (Wildman–Crippen LogP) is 3.38. The lowest BCUT2D eigenvalue weighted by Crippen LogP contribution is -2.50. The first-order valence-electron chi connectivity index (χ1n) is 9.57. The maximum absolute atomic E-state index is 13.4. The molecule has 0 unspecified atom stereocenters. The molecule has 2 aromatic rings. The average molecular weight is 401 g/mol. The van der Waals surface area contributed by atoms with Crippen LogP contribution in [0.5, 0.6) is 0 Å². The molecule has 0 aromatic heterocycles. The highest BCUT2D eigenvalue weighted by Gasteiger charge is 2.33. The molecular weight excluding hydrogens is 372 g/mol. The van der Waals surface area contributed by atoms with Crippen molar-refractivity contribution in [3.8, 4) is 0 Å². The molecule has 6 heteroatoms. The number of nitrogens with zero attached hydrogens (tertiary/aromatic N) is 2. The van der Waals surface area contributed by atoms with E-state index in [4.69, 9.17) is 0 Å². The van der Waals surface area contributed by atoms with E-state index in [0.29, 0.717) is 36.6 Å². The van der Waals surface area contributed by atoms with Gasteiger partial charge in [-0.2, -0.15) is 4.31 Å². The van der Waals surface area contributed by atoms with Crippen molar-refractivity contribution in [2.24, 2.45) is 0 Å². The fourth-order valence-corrected chi connectivity index (χ4v) is 5.81. The van der Waals surface area contributed by atoms with Crippen molar-refractivity contribution in [3.63, 3.8) is 0 Å². The molecule has 2 aromatic carbocycles. The Morgan fingerprint density at radius 3 is 1.89 bits per heavy atom. The zero-order valence-electron chi connectivity index (χ0n) is 17.2. The van der Waals surface area contributed by atoms with Crippen molar-refractivity contribution in [2.45, 2.75) is 39.5 Å². The maximum Gasteiger partial charge on any atom is 0.254 e. The van der Waals surface area contributed by atoms with E-state index in [1.54, 1.807) is 4.90 Å². The van der Waals surface area contributed by atoms with Gasteiger partial charge in [0.25, 0.3) is 5.91 Å². The summed E-state index contributed by atoms with van der Waals surface area (Å²) in [4.78, 5) is 15.0. The summed E-state index contributed by atoms with van der Waals surface area (Å²) in [5.41, 5.74) is 5.19. The van der Waals surface area contributed by atoms with Crippen LogP contribution in [0, 0.1) is 34.6 Å². The Bertz CT molecular complexity index is 994. The number of aryl methyl sites for hydroxylation is 3. The summed E-state index contributed by atoms with van der Waals surface area (Å²) in [5.74, 6) is -0.0334. The molecule has 1 heterocycles. The molecular formula is C22H28N2O3S. The van der Waals surface area contributed by atoms with Crippen molar-refractivity contribution >= 4 is 15.9 Å². The lowest BCUT2D eigenvalue weighted by Gasteiger charge is -2.35. The first-order chi connectivity index (χ1) is 13.1. The molecule has 0 saturated carbocycles. The van der Waals surface area contributed by atoms with Gasteiger partial charge in [0.2, 0.25) is 10.0 Å². The smallest absolute Gasteiger partial charge is 0.254 e. The van der Waals surface area contributed by atoms with Gasteiger partial charge in [0.15, 0.2) is 0 Å². The van der Waals surface area contributed by atoms with Crippen molar-refractivity contribution < 1.29 is 13.2 Å². The Morgan fingerprint density at radius 2 is 1.36 bits per heavy atom. The highest BCUT2D eigenvalue weighted by molar-refractivity contribution is 7.89. The van der Waals surface area contributed by atoms with E-state index >= 15 is 0 Å². The second-order valence-corrected chi connectivity index (χ2v) is 9.48. The molecule has 1 saturated heterocycles. The number of piperazine rings is 1. The van der Waals surface area contributed by atoms with E-state index in [9.17, 15) is 13.2 Å². The average Bonchev–Trinajstić information content (AvgIpc) is 2.66. The minimum absolute atomic E-state index is 0.0334. The number of amides is 1. The summed E-state index contributed by atoms with van der Waals surface area (Å²) in [6, 6.07) is 9.53. The van der Waals surface area contributed by atoms with Crippen LogP contribution < -0.4 is 0 Å². The van der Waals surface area contributed by atoms with Crippen LogP contribution in [0.3, 0.4) is 0 Å². The topological polar surface area (TPSA) is 57.7 Å². The molecule has 0 aliphatic carbocycles. The summed E-state index contributed by atoms with van der Waals surface area (Å²) >= 11 is 0. The van der Waals surface area contributed by atoms with E-state index in [-0.39, 0.29) is 5.91 Å². The van der Waals surface area contributed by atoms with Crippen molar-refractivity contribution in [2.75, 3.05) is 26.2 Å². The fraction of sp³-hybridized carbons (Fsp3) is 0.409. The second kappa shape index (κ2) is 7.68.